The Hall–Kier alpha value is -2.45. The van der Waals surface area contributed by atoms with Crippen LogP contribution in [0.3, 0.4) is 0 Å². The highest BCUT2D eigenvalue weighted by atomic mass is 32.2. The van der Waals surface area contributed by atoms with Gasteiger partial charge in [-0.05, 0) is 36.4 Å². The summed E-state index contributed by atoms with van der Waals surface area (Å²) in [6.07, 6.45) is 0.327. The number of benzene rings is 2. The van der Waals surface area contributed by atoms with E-state index in [0.717, 1.165) is 31.7 Å². The molecule has 0 atom stereocenters. The van der Waals surface area contributed by atoms with Crippen LogP contribution in [0.4, 0.5) is 5.13 Å². The molecule has 4 rings (SSSR count). The first-order valence-electron chi connectivity index (χ1n) is 9.31. The topological polar surface area (TPSA) is 60.9 Å². The molecule has 8 heteroatoms. The Morgan fingerprint density at radius 2 is 1.97 bits per heavy atom. The average Bonchev–Trinajstić information content (AvgIpc) is 3.14. The van der Waals surface area contributed by atoms with Crippen LogP contribution in [0.15, 0.2) is 47.4 Å². The smallest absolute Gasteiger partial charge is 0.307 e. The summed E-state index contributed by atoms with van der Waals surface area (Å²) < 4.78 is 17.2. The number of aromatic nitrogens is 1. The third kappa shape index (κ3) is 4.59. The van der Waals surface area contributed by atoms with Crippen LogP contribution in [0.2, 0.25) is 0 Å². The zero-order chi connectivity index (χ0) is 20.2. The molecule has 0 saturated carbocycles. The molecule has 0 radical (unpaired) electrons. The lowest BCUT2D eigenvalue weighted by atomic mass is 10.2. The third-order valence-electron chi connectivity index (χ3n) is 4.64. The Morgan fingerprint density at radius 3 is 2.69 bits per heavy atom. The number of hydrogen-bond acceptors (Lipinski definition) is 8. The van der Waals surface area contributed by atoms with Crippen molar-refractivity contribution in [1.82, 2.24) is 4.98 Å². The van der Waals surface area contributed by atoms with Crippen molar-refractivity contribution >= 4 is 44.4 Å². The molecule has 0 bridgehead atoms. The standard InChI is InChI=1S/C21H22N2O4S2/c1-25-14-6-8-16(9-7-14)28-11-10-19(24)27-15-12-23(13-15)21-22-20-17(26-2)4-3-5-18(20)29-21/h3-9,15H,10-13H2,1-2H3. The maximum atomic E-state index is 12.1. The number of methoxy groups -OCH3 is 2. The number of esters is 1. The van der Waals surface area contributed by atoms with Crippen molar-refractivity contribution in [2.75, 3.05) is 38.0 Å². The lowest BCUT2D eigenvalue weighted by Gasteiger charge is -2.38. The first-order valence-corrected chi connectivity index (χ1v) is 11.1. The van der Waals surface area contributed by atoms with Gasteiger partial charge in [0.1, 0.15) is 23.1 Å². The summed E-state index contributed by atoms with van der Waals surface area (Å²) in [6.45, 7) is 1.36. The molecule has 29 heavy (non-hydrogen) atoms. The van der Waals surface area contributed by atoms with Crippen LogP contribution in [-0.2, 0) is 9.53 Å². The molecule has 1 fully saturated rings. The van der Waals surface area contributed by atoms with Crippen molar-refractivity contribution in [2.24, 2.45) is 0 Å². The van der Waals surface area contributed by atoms with Gasteiger partial charge in [0.15, 0.2) is 5.13 Å². The van der Waals surface area contributed by atoms with E-state index in [1.807, 2.05) is 42.5 Å². The van der Waals surface area contributed by atoms with Crippen molar-refractivity contribution in [2.45, 2.75) is 17.4 Å². The fourth-order valence-electron chi connectivity index (χ4n) is 3.05. The van der Waals surface area contributed by atoms with Gasteiger partial charge in [-0.1, -0.05) is 17.4 Å². The van der Waals surface area contributed by atoms with E-state index < -0.39 is 0 Å². The highest BCUT2D eigenvalue weighted by Gasteiger charge is 2.32. The molecule has 1 aliphatic rings. The number of nitrogens with zero attached hydrogens (tertiary/aromatic N) is 2. The summed E-state index contributed by atoms with van der Waals surface area (Å²) in [5.41, 5.74) is 0.881. The van der Waals surface area contributed by atoms with E-state index in [1.165, 1.54) is 0 Å². The average molecular weight is 431 g/mol. The van der Waals surface area contributed by atoms with Gasteiger partial charge in [0.05, 0.1) is 38.4 Å². The Kier molecular flexibility index (Phi) is 6.10. The molecule has 0 amide bonds. The van der Waals surface area contributed by atoms with E-state index in [9.17, 15) is 4.79 Å². The molecular formula is C21H22N2O4S2. The van der Waals surface area contributed by atoms with Gasteiger partial charge in [-0.15, -0.1) is 11.8 Å². The van der Waals surface area contributed by atoms with Crippen LogP contribution < -0.4 is 14.4 Å². The minimum atomic E-state index is -0.151. The number of thiazole rings is 1. The minimum Gasteiger partial charge on any atom is -0.497 e. The summed E-state index contributed by atoms with van der Waals surface area (Å²) in [4.78, 5) is 20.0. The summed E-state index contributed by atoms with van der Waals surface area (Å²) in [5, 5.41) is 0.937. The van der Waals surface area contributed by atoms with E-state index in [-0.39, 0.29) is 12.1 Å². The van der Waals surface area contributed by atoms with Gasteiger partial charge in [-0.2, -0.15) is 0 Å². The Labute approximate surface area is 177 Å². The largest absolute Gasteiger partial charge is 0.497 e. The van der Waals surface area contributed by atoms with Gasteiger partial charge in [0.25, 0.3) is 0 Å². The Balaban J connectivity index is 1.21. The van der Waals surface area contributed by atoms with Crippen LogP contribution in [-0.4, -0.2) is 50.1 Å². The molecule has 6 nitrogen and oxygen atoms in total. The van der Waals surface area contributed by atoms with Crippen molar-refractivity contribution in [3.8, 4) is 11.5 Å². The van der Waals surface area contributed by atoms with Gasteiger partial charge in [-0.25, -0.2) is 4.98 Å². The molecule has 1 saturated heterocycles. The molecule has 3 aromatic rings. The fourth-order valence-corrected chi connectivity index (χ4v) is 4.88. The number of rotatable bonds is 8. The van der Waals surface area contributed by atoms with Crippen LogP contribution in [0, 0.1) is 0 Å². The maximum absolute atomic E-state index is 12.1. The molecule has 0 unspecified atom stereocenters. The van der Waals surface area contributed by atoms with Crippen molar-refractivity contribution < 1.29 is 19.0 Å². The lowest BCUT2D eigenvalue weighted by molar-refractivity contribution is -0.149. The van der Waals surface area contributed by atoms with E-state index in [2.05, 4.69) is 9.88 Å². The summed E-state index contributed by atoms with van der Waals surface area (Å²) in [7, 11) is 3.30. The SMILES string of the molecule is COc1ccc(SCCC(=O)OC2CN(c3nc4c(OC)cccc4s3)C2)cc1. The predicted molar refractivity (Wildman–Crippen MR) is 117 cm³/mol. The number of carbonyl (C=O) groups is 1. The second-order valence-electron chi connectivity index (χ2n) is 6.59. The Morgan fingerprint density at radius 1 is 1.17 bits per heavy atom. The number of anilines is 1. The number of para-hydroxylation sites is 1. The molecule has 0 N–H and O–H groups in total. The van der Waals surface area contributed by atoms with Crippen molar-refractivity contribution in [3.05, 3.63) is 42.5 Å². The number of ether oxygens (including phenoxy) is 3. The predicted octanol–water partition coefficient (Wildman–Crippen LogP) is 4.23. The summed E-state index contributed by atoms with van der Waals surface area (Å²) in [5.74, 6) is 2.15. The zero-order valence-corrected chi connectivity index (χ0v) is 17.9. The molecule has 0 spiro atoms. The summed E-state index contributed by atoms with van der Waals surface area (Å²) in [6, 6.07) is 13.7. The monoisotopic (exact) mass is 430 g/mol. The number of fused-ring (bicyclic) bond motifs is 1. The molecular weight excluding hydrogens is 408 g/mol. The Bertz CT molecular complexity index is 984. The molecule has 1 aliphatic heterocycles. The second kappa shape index (κ2) is 8.92. The molecule has 1 aromatic heterocycles. The number of hydrogen-bond donors (Lipinski definition) is 0. The van der Waals surface area contributed by atoms with Crippen LogP contribution in [0.5, 0.6) is 11.5 Å². The quantitative estimate of drug-likeness (QED) is 0.391. The van der Waals surface area contributed by atoms with E-state index >= 15 is 0 Å². The van der Waals surface area contributed by atoms with Gasteiger partial charge in [0.2, 0.25) is 0 Å². The van der Waals surface area contributed by atoms with Crippen LogP contribution in [0.1, 0.15) is 6.42 Å². The minimum absolute atomic E-state index is 0.0672. The molecule has 0 aliphatic carbocycles. The van der Waals surface area contributed by atoms with E-state index in [1.54, 1.807) is 37.3 Å². The summed E-state index contributed by atoms with van der Waals surface area (Å²) >= 11 is 3.26. The zero-order valence-electron chi connectivity index (χ0n) is 16.3. The lowest BCUT2D eigenvalue weighted by Crippen LogP contribution is -2.53. The first-order chi connectivity index (χ1) is 14.2. The number of thioether (sulfide) groups is 1. The molecule has 152 valence electrons. The maximum Gasteiger partial charge on any atom is 0.307 e. The van der Waals surface area contributed by atoms with Crippen molar-refractivity contribution in [3.63, 3.8) is 0 Å². The molecule has 2 aromatic carbocycles. The van der Waals surface area contributed by atoms with Crippen molar-refractivity contribution in [1.29, 1.82) is 0 Å². The van der Waals surface area contributed by atoms with Gasteiger partial charge < -0.3 is 19.1 Å². The fraction of sp³-hybridized carbons (Fsp3) is 0.333. The third-order valence-corrected chi connectivity index (χ3v) is 6.74. The number of carbonyl (C=O) groups excluding carboxylic acids is 1. The van der Waals surface area contributed by atoms with E-state index in [4.69, 9.17) is 14.2 Å². The van der Waals surface area contributed by atoms with E-state index in [0.29, 0.717) is 25.3 Å². The van der Waals surface area contributed by atoms with Gasteiger partial charge in [-0.3, -0.25) is 4.79 Å². The molecule has 2 heterocycles. The first kappa shape index (κ1) is 19.8. The van der Waals surface area contributed by atoms with Crippen LogP contribution in [0.25, 0.3) is 10.2 Å². The highest BCUT2D eigenvalue weighted by molar-refractivity contribution is 7.99. The van der Waals surface area contributed by atoms with Crippen LogP contribution >= 0.6 is 23.1 Å². The normalized spacial score (nSPS) is 13.9. The van der Waals surface area contributed by atoms with Gasteiger partial charge in [0, 0.05) is 10.6 Å². The second-order valence-corrected chi connectivity index (χ2v) is 8.77. The van der Waals surface area contributed by atoms with Gasteiger partial charge >= 0.3 is 5.97 Å². The highest BCUT2D eigenvalue weighted by Crippen LogP contribution is 2.36.